The largest absolute Gasteiger partial charge is 0.511 e. The molecule has 1 heterocycles. The highest BCUT2D eigenvalue weighted by Crippen LogP contribution is 2.36. The van der Waals surface area contributed by atoms with Crippen LogP contribution in [0.3, 0.4) is 0 Å². The number of aliphatic hydroxyl groups is 1. The summed E-state index contributed by atoms with van der Waals surface area (Å²) in [6.07, 6.45) is 1.59. The molecule has 33 heavy (non-hydrogen) atoms. The number of fused-ring (bicyclic) bond motifs is 1. The van der Waals surface area contributed by atoms with E-state index < -0.39 is 0 Å². The topological polar surface area (TPSA) is 87.0 Å². The van der Waals surface area contributed by atoms with Crippen LogP contribution in [-0.4, -0.2) is 39.9 Å². The monoisotopic (exact) mass is 444 g/mol. The summed E-state index contributed by atoms with van der Waals surface area (Å²) < 4.78 is 0. The second-order valence-electron chi connectivity index (χ2n) is 9.42. The van der Waals surface area contributed by atoms with Crippen LogP contribution < -0.4 is 0 Å². The summed E-state index contributed by atoms with van der Waals surface area (Å²) in [5.41, 5.74) is 2.38. The first kappa shape index (κ1) is 22.6. The van der Waals surface area contributed by atoms with E-state index in [1.807, 2.05) is 44.2 Å². The van der Waals surface area contributed by atoms with Crippen LogP contribution in [0.2, 0.25) is 0 Å². The number of rotatable bonds is 7. The predicted molar refractivity (Wildman–Crippen MR) is 126 cm³/mol. The van der Waals surface area contributed by atoms with Crippen LogP contribution >= 0.6 is 0 Å². The van der Waals surface area contributed by atoms with Crippen LogP contribution in [0.5, 0.6) is 0 Å². The lowest BCUT2D eigenvalue weighted by Crippen LogP contribution is -2.32. The molecule has 1 aliphatic heterocycles. The summed E-state index contributed by atoms with van der Waals surface area (Å²) in [6.45, 7) is 4.53. The molecule has 6 nitrogen and oxygen atoms in total. The van der Waals surface area contributed by atoms with E-state index in [0.29, 0.717) is 54.6 Å². The predicted octanol–water partition coefficient (Wildman–Crippen LogP) is 4.91. The average Bonchev–Trinajstić information content (AvgIpc) is 3.01. The molecule has 4 rings (SSSR count). The van der Waals surface area contributed by atoms with Crippen LogP contribution in [0.1, 0.15) is 65.8 Å². The van der Waals surface area contributed by atoms with Gasteiger partial charge < -0.3 is 5.11 Å². The van der Waals surface area contributed by atoms with E-state index in [0.717, 1.165) is 5.56 Å². The quantitative estimate of drug-likeness (QED) is 0.486. The van der Waals surface area contributed by atoms with Gasteiger partial charge in [-0.1, -0.05) is 56.3 Å². The maximum absolute atomic E-state index is 12.9. The van der Waals surface area contributed by atoms with E-state index in [4.69, 9.17) is 4.99 Å². The molecule has 6 heteroatoms. The minimum atomic E-state index is -0.296. The van der Waals surface area contributed by atoms with Gasteiger partial charge in [-0.15, -0.1) is 0 Å². The molecule has 0 saturated carbocycles. The normalized spacial score (nSPS) is 18.2. The summed E-state index contributed by atoms with van der Waals surface area (Å²) in [4.78, 5) is 44.2. The average molecular weight is 445 g/mol. The first-order valence-electron chi connectivity index (χ1n) is 11.2. The minimum absolute atomic E-state index is 0.0730. The zero-order valence-electron chi connectivity index (χ0n) is 19.0. The Labute approximate surface area is 193 Å². The number of carbonyl (C=O) groups excluding carboxylic acids is 3. The molecule has 0 radical (unpaired) electrons. The van der Waals surface area contributed by atoms with Crippen molar-refractivity contribution in [2.45, 2.75) is 46.1 Å². The van der Waals surface area contributed by atoms with Crippen molar-refractivity contribution >= 4 is 23.3 Å². The number of hydrogen-bond acceptors (Lipinski definition) is 5. The van der Waals surface area contributed by atoms with Crippen molar-refractivity contribution in [2.75, 3.05) is 6.54 Å². The number of ketones is 1. The van der Waals surface area contributed by atoms with Gasteiger partial charge in [-0.3, -0.25) is 24.3 Å². The van der Waals surface area contributed by atoms with E-state index >= 15 is 0 Å². The molecular weight excluding hydrogens is 416 g/mol. The smallest absolute Gasteiger partial charge is 0.261 e. The zero-order chi connectivity index (χ0) is 23.6. The number of Topliss-reactive ketones (excluding diaryl/α,β-unsaturated/α-hetero) is 1. The number of nitrogens with zero attached hydrogens (tertiary/aromatic N) is 2. The lowest BCUT2D eigenvalue weighted by atomic mass is 9.75. The molecule has 0 saturated heterocycles. The molecule has 0 bridgehead atoms. The first-order chi connectivity index (χ1) is 15.8. The van der Waals surface area contributed by atoms with Gasteiger partial charge in [-0.05, 0) is 36.0 Å². The van der Waals surface area contributed by atoms with Crippen molar-refractivity contribution in [3.05, 3.63) is 82.6 Å². The van der Waals surface area contributed by atoms with Gasteiger partial charge >= 0.3 is 0 Å². The molecule has 0 aromatic heterocycles. The van der Waals surface area contributed by atoms with Crippen molar-refractivity contribution in [1.82, 2.24) is 4.90 Å². The number of hydrogen-bond donors (Lipinski definition) is 1. The molecule has 0 unspecified atom stereocenters. The summed E-state index contributed by atoms with van der Waals surface area (Å²) in [6, 6.07) is 16.5. The summed E-state index contributed by atoms with van der Waals surface area (Å²) in [5, 5.41) is 10.7. The highest BCUT2D eigenvalue weighted by atomic mass is 16.3. The fraction of sp³-hybridized carbons (Fsp3) is 0.333. The molecule has 1 N–H and O–H groups in total. The molecule has 0 fully saturated rings. The van der Waals surface area contributed by atoms with Gasteiger partial charge in [-0.25, -0.2) is 0 Å². The van der Waals surface area contributed by atoms with Gasteiger partial charge in [0.1, 0.15) is 5.76 Å². The number of imide groups is 1. The van der Waals surface area contributed by atoms with Gasteiger partial charge in [0.2, 0.25) is 0 Å². The van der Waals surface area contributed by atoms with Crippen LogP contribution in [0, 0.1) is 5.41 Å². The molecule has 1 aliphatic carbocycles. The van der Waals surface area contributed by atoms with Gasteiger partial charge in [0.15, 0.2) is 5.78 Å². The Morgan fingerprint density at radius 2 is 1.55 bits per heavy atom. The van der Waals surface area contributed by atoms with E-state index in [1.54, 1.807) is 24.3 Å². The van der Waals surface area contributed by atoms with Crippen LogP contribution in [0.15, 0.2) is 70.9 Å². The number of amides is 2. The molecule has 170 valence electrons. The Hall–Kier alpha value is -3.54. The third kappa shape index (κ3) is 4.80. The van der Waals surface area contributed by atoms with Crippen molar-refractivity contribution in [2.24, 2.45) is 10.4 Å². The van der Waals surface area contributed by atoms with Crippen LogP contribution in [0.25, 0.3) is 0 Å². The van der Waals surface area contributed by atoms with Crippen LogP contribution in [0.4, 0.5) is 0 Å². The van der Waals surface area contributed by atoms with Crippen molar-refractivity contribution in [3.63, 3.8) is 0 Å². The number of aliphatic imine (C=N–C) groups is 1. The number of carbonyl (C=O) groups is 3. The molecule has 2 aromatic rings. The van der Waals surface area contributed by atoms with E-state index in [-0.39, 0.29) is 35.3 Å². The lowest BCUT2D eigenvalue weighted by molar-refractivity contribution is -0.118. The molecule has 0 atom stereocenters. The Bertz CT molecular complexity index is 1130. The highest BCUT2D eigenvalue weighted by molar-refractivity contribution is 6.23. The SMILES string of the molecule is CC1(C)CC(=O)C(C(CCCN2C(=O)c3ccccc3C2=O)=NCc2ccccc2)=C(O)C1. The Balaban J connectivity index is 1.53. The second kappa shape index (κ2) is 9.14. The summed E-state index contributed by atoms with van der Waals surface area (Å²) >= 11 is 0. The van der Waals surface area contributed by atoms with E-state index in [1.165, 1.54) is 4.90 Å². The molecule has 2 amide bonds. The van der Waals surface area contributed by atoms with Crippen molar-refractivity contribution < 1.29 is 19.5 Å². The fourth-order valence-corrected chi connectivity index (χ4v) is 4.52. The number of aliphatic hydroxyl groups excluding tert-OH is 1. The second-order valence-corrected chi connectivity index (χ2v) is 9.42. The third-order valence-corrected chi connectivity index (χ3v) is 6.11. The standard InChI is InChI=1S/C27H28N2O4/c1-27(2)15-22(30)24(23(31)16-27)21(28-17-18-9-4-3-5-10-18)13-8-14-29-25(32)19-11-6-7-12-20(19)26(29)33/h3-7,9-12,30H,8,13-17H2,1-2H3. The molecule has 2 aromatic carbocycles. The Morgan fingerprint density at radius 3 is 2.15 bits per heavy atom. The van der Waals surface area contributed by atoms with Gasteiger partial charge in [0.05, 0.1) is 23.2 Å². The zero-order valence-corrected chi connectivity index (χ0v) is 19.0. The van der Waals surface area contributed by atoms with Gasteiger partial charge in [-0.2, -0.15) is 0 Å². The van der Waals surface area contributed by atoms with E-state index in [9.17, 15) is 19.5 Å². The van der Waals surface area contributed by atoms with Crippen LogP contribution in [-0.2, 0) is 11.3 Å². The minimum Gasteiger partial charge on any atom is -0.511 e. The number of allylic oxidation sites excluding steroid dienone is 2. The highest BCUT2D eigenvalue weighted by Gasteiger charge is 2.36. The molecular formula is C27H28N2O4. The maximum atomic E-state index is 12.9. The molecule has 0 spiro atoms. The first-order valence-corrected chi connectivity index (χ1v) is 11.2. The summed E-state index contributed by atoms with van der Waals surface area (Å²) in [5.74, 6) is -0.632. The van der Waals surface area contributed by atoms with Gasteiger partial charge in [0.25, 0.3) is 11.8 Å². The van der Waals surface area contributed by atoms with Crippen molar-refractivity contribution in [1.29, 1.82) is 0 Å². The number of benzene rings is 2. The molecule has 2 aliphatic rings. The maximum Gasteiger partial charge on any atom is 0.261 e. The fourth-order valence-electron chi connectivity index (χ4n) is 4.52. The lowest BCUT2D eigenvalue weighted by Gasteiger charge is -2.30. The van der Waals surface area contributed by atoms with Crippen molar-refractivity contribution in [3.8, 4) is 0 Å². The Morgan fingerprint density at radius 1 is 0.939 bits per heavy atom. The summed E-state index contributed by atoms with van der Waals surface area (Å²) in [7, 11) is 0. The van der Waals surface area contributed by atoms with Gasteiger partial charge in [0, 0.05) is 25.1 Å². The third-order valence-electron chi connectivity index (χ3n) is 6.11. The Kier molecular flexibility index (Phi) is 6.27. The van der Waals surface area contributed by atoms with E-state index in [2.05, 4.69) is 0 Å².